The van der Waals surface area contributed by atoms with Gasteiger partial charge in [0.1, 0.15) is 5.58 Å². The number of carbonyl (C=O) groups excluding carboxylic acids is 1. The number of carbonyl (C=O) groups is 1. The van der Waals surface area contributed by atoms with Gasteiger partial charge in [-0.2, -0.15) is 4.31 Å². The molecular weight excluding hydrogens is 416 g/mol. The zero-order valence-corrected chi connectivity index (χ0v) is 16.8. The molecule has 1 fully saturated rings. The number of rotatable bonds is 3. The molecule has 0 bridgehead atoms. The molecule has 0 spiro atoms. The molecule has 9 heteroatoms. The van der Waals surface area contributed by atoms with Gasteiger partial charge in [-0.1, -0.05) is 17.7 Å². The Morgan fingerprint density at radius 2 is 1.72 bits per heavy atom. The van der Waals surface area contributed by atoms with Crippen molar-refractivity contribution in [3.63, 3.8) is 0 Å². The van der Waals surface area contributed by atoms with E-state index < -0.39 is 15.6 Å². The van der Waals surface area contributed by atoms with E-state index in [4.69, 9.17) is 16.0 Å². The molecule has 0 aliphatic carbocycles. The van der Waals surface area contributed by atoms with Crippen molar-refractivity contribution in [1.29, 1.82) is 0 Å². The summed E-state index contributed by atoms with van der Waals surface area (Å²) in [5.74, 6) is -0.176. The first-order chi connectivity index (χ1) is 13.8. The number of halogens is 1. The lowest BCUT2D eigenvalue weighted by molar-refractivity contribution is 0.0698. The van der Waals surface area contributed by atoms with Crippen LogP contribution in [0.15, 0.2) is 68.7 Å². The van der Waals surface area contributed by atoms with E-state index in [-0.39, 0.29) is 37.0 Å². The minimum absolute atomic E-state index is 0.119. The van der Waals surface area contributed by atoms with Gasteiger partial charge in [0.25, 0.3) is 5.91 Å². The van der Waals surface area contributed by atoms with Crippen LogP contribution in [0.4, 0.5) is 0 Å². The number of piperazine rings is 1. The van der Waals surface area contributed by atoms with Crippen LogP contribution in [0.2, 0.25) is 5.02 Å². The summed E-state index contributed by atoms with van der Waals surface area (Å²) in [6, 6.07) is 13.8. The zero-order chi connectivity index (χ0) is 20.6. The number of nitrogens with zero attached hydrogens (tertiary/aromatic N) is 2. The molecule has 1 aliphatic rings. The van der Waals surface area contributed by atoms with Crippen LogP contribution >= 0.6 is 11.6 Å². The van der Waals surface area contributed by atoms with E-state index in [1.54, 1.807) is 29.2 Å². The molecule has 4 rings (SSSR count). The Bertz CT molecular complexity index is 1250. The molecule has 1 aliphatic heterocycles. The lowest BCUT2D eigenvalue weighted by atomic mass is 10.2. The molecule has 150 valence electrons. The molecular formula is C20H17ClN2O5S. The Hall–Kier alpha value is -2.68. The van der Waals surface area contributed by atoms with E-state index in [0.717, 1.165) is 0 Å². The third-order valence-corrected chi connectivity index (χ3v) is 6.96. The average molecular weight is 433 g/mol. The van der Waals surface area contributed by atoms with Gasteiger partial charge in [-0.15, -0.1) is 0 Å². The fourth-order valence-corrected chi connectivity index (χ4v) is 4.94. The molecule has 0 saturated carbocycles. The topological polar surface area (TPSA) is 87.9 Å². The predicted molar refractivity (Wildman–Crippen MR) is 109 cm³/mol. The summed E-state index contributed by atoms with van der Waals surface area (Å²) in [6.07, 6.45) is 0. The number of hydrogen-bond donors (Lipinski definition) is 0. The van der Waals surface area contributed by atoms with E-state index in [1.165, 1.54) is 34.6 Å². The molecule has 0 radical (unpaired) electrons. The largest absolute Gasteiger partial charge is 0.423 e. The maximum Gasteiger partial charge on any atom is 0.336 e. The summed E-state index contributed by atoms with van der Waals surface area (Å²) in [4.78, 5) is 25.6. The molecule has 1 amide bonds. The third kappa shape index (κ3) is 3.91. The van der Waals surface area contributed by atoms with E-state index in [9.17, 15) is 18.0 Å². The maximum absolute atomic E-state index is 13.0. The molecule has 0 unspecified atom stereocenters. The molecule has 3 aromatic rings. The first-order valence-electron chi connectivity index (χ1n) is 8.93. The highest BCUT2D eigenvalue weighted by molar-refractivity contribution is 7.89. The first kappa shape index (κ1) is 19.6. The smallest absolute Gasteiger partial charge is 0.336 e. The van der Waals surface area contributed by atoms with Gasteiger partial charge in [0.2, 0.25) is 10.0 Å². The predicted octanol–water partition coefficient (Wildman–Crippen LogP) is 2.59. The first-order valence-corrected chi connectivity index (χ1v) is 10.8. The van der Waals surface area contributed by atoms with E-state index in [1.807, 2.05) is 0 Å². The second-order valence-corrected chi connectivity index (χ2v) is 9.04. The van der Waals surface area contributed by atoms with E-state index in [0.29, 0.717) is 21.6 Å². The molecule has 2 heterocycles. The van der Waals surface area contributed by atoms with Gasteiger partial charge in [0.15, 0.2) is 0 Å². The second-order valence-electron chi connectivity index (χ2n) is 6.66. The van der Waals surface area contributed by atoms with Crippen LogP contribution in [0.3, 0.4) is 0 Å². The van der Waals surface area contributed by atoms with Gasteiger partial charge in [-0.05, 0) is 42.5 Å². The van der Waals surface area contributed by atoms with Gasteiger partial charge < -0.3 is 9.32 Å². The highest BCUT2D eigenvalue weighted by Crippen LogP contribution is 2.23. The third-order valence-electron chi connectivity index (χ3n) is 4.83. The Morgan fingerprint density at radius 3 is 2.45 bits per heavy atom. The second kappa shape index (κ2) is 7.62. The normalized spacial score (nSPS) is 15.6. The zero-order valence-electron chi connectivity index (χ0n) is 15.2. The highest BCUT2D eigenvalue weighted by Gasteiger charge is 2.30. The maximum atomic E-state index is 13.0. The van der Waals surface area contributed by atoms with Crippen LogP contribution in [-0.2, 0) is 10.0 Å². The van der Waals surface area contributed by atoms with Crippen LogP contribution in [0.25, 0.3) is 11.0 Å². The van der Waals surface area contributed by atoms with Crippen molar-refractivity contribution in [3.8, 4) is 0 Å². The van der Waals surface area contributed by atoms with Crippen molar-refractivity contribution in [2.45, 2.75) is 4.90 Å². The van der Waals surface area contributed by atoms with Crippen molar-refractivity contribution in [1.82, 2.24) is 9.21 Å². The minimum Gasteiger partial charge on any atom is -0.423 e. The van der Waals surface area contributed by atoms with Crippen molar-refractivity contribution >= 4 is 38.5 Å². The summed E-state index contributed by atoms with van der Waals surface area (Å²) in [5.41, 5.74) is 0.312. The molecule has 0 N–H and O–H groups in total. The van der Waals surface area contributed by atoms with Gasteiger partial charge in [-0.25, -0.2) is 13.2 Å². The highest BCUT2D eigenvalue weighted by atomic mass is 35.5. The molecule has 2 aromatic carbocycles. The summed E-state index contributed by atoms with van der Waals surface area (Å²) < 4.78 is 32.4. The quantitative estimate of drug-likeness (QED) is 0.593. The van der Waals surface area contributed by atoms with Crippen molar-refractivity contribution in [3.05, 3.63) is 75.6 Å². The number of hydrogen-bond acceptors (Lipinski definition) is 5. The Balaban J connectivity index is 1.51. The monoisotopic (exact) mass is 432 g/mol. The minimum atomic E-state index is -3.73. The lowest BCUT2D eigenvalue weighted by Gasteiger charge is -2.34. The van der Waals surface area contributed by atoms with Crippen molar-refractivity contribution < 1.29 is 17.6 Å². The van der Waals surface area contributed by atoms with E-state index in [2.05, 4.69) is 0 Å². The number of benzene rings is 2. The van der Waals surface area contributed by atoms with Gasteiger partial charge in [0, 0.05) is 48.2 Å². The van der Waals surface area contributed by atoms with Gasteiger partial charge >= 0.3 is 5.63 Å². The number of fused-ring (bicyclic) bond motifs is 1. The van der Waals surface area contributed by atoms with Crippen molar-refractivity contribution in [2.24, 2.45) is 0 Å². The number of sulfonamides is 1. The summed E-state index contributed by atoms with van der Waals surface area (Å²) in [6.45, 7) is 0.952. The molecule has 0 atom stereocenters. The van der Waals surface area contributed by atoms with Crippen molar-refractivity contribution in [2.75, 3.05) is 26.2 Å². The Labute approximate surface area is 172 Å². The average Bonchev–Trinajstić information content (AvgIpc) is 2.73. The fourth-order valence-electron chi connectivity index (χ4n) is 3.30. The molecule has 1 saturated heterocycles. The van der Waals surface area contributed by atoms with Crippen LogP contribution in [0, 0.1) is 0 Å². The summed E-state index contributed by atoms with van der Waals surface area (Å²) in [5, 5.41) is 1.00. The fraction of sp³-hybridized carbons (Fsp3) is 0.200. The summed E-state index contributed by atoms with van der Waals surface area (Å²) in [7, 11) is -3.73. The molecule has 1 aromatic heterocycles. The summed E-state index contributed by atoms with van der Waals surface area (Å²) >= 11 is 5.95. The Morgan fingerprint density at radius 1 is 0.966 bits per heavy atom. The number of amides is 1. The standard InChI is InChI=1S/C20H17ClN2O5S/c21-16-3-1-2-15(12-16)20(25)22-8-10-23(11-9-22)29(26,27)17-5-6-18-14(13-17)4-7-19(24)28-18/h1-7,12-13H,8-11H2. The SMILES string of the molecule is O=C(c1cccc(Cl)c1)N1CCN(S(=O)(=O)c2ccc3oc(=O)ccc3c2)CC1. The lowest BCUT2D eigenvalue weighted by Crippen LogP contribution is -2.50. The Kier molecular flexibility index (Phi) is 5.16. The van der Waals surface area contributed by atoms with Gasteiger partial charge in [0.05, 0.1) is 4.90 Å². The van der Waals surface area contributed by atoms with Crippen LogP contribution < -0.4 is 5.63 Å². The molecule has 7 nitrogen and oxygen atoms in total. The van der Waals surface area contributed by atoms with E-state index >= 15 is 0 Å². The van der Waals surface area contributed by atoms with Crippen LogP contribution in [0.1, 0.15) is 10.4 Å². The van der Waals surface area contributed by atoms with Crippen LogP contribution in [0.5, 0.6) is 0 Å². The van der Waals surface area contributed by atoms with Gasteiger partial charge in [-0.3, -0.25) is 4.79 Å². The molecule has 29 heavy (non-hydrogen) atoms. The van der Waals surface area contributed by atoms with Crippen LogP contribution in [-0.4, -0.2) is 49.7 Å².